The smallest absolute Gasteiger partial charge is 0.222 e. The van der Waals surface area contributed by atoms with Gasteiger partial charge in [-0.15, -0.1) is 0 Å². The van der Waals surface area contributed by atoms with Crippen molar-refractivity contribution in [2.75, 3.05) is 11.4 Å². The average molecular weight is 345 g/mol. The number of anilines is 1. The van der Waals surface area contributed by atoms with Gasteiger partial charge in [-0.1, -0.05) is 54.6 Å². The van der Waals surface area contributed by atoms with Crippen molar-refractivity contribution in [2.45, 2.75) is 19.5 Å². The summed E-state index contributed by atoms with van der Waals surface area (Å²) in [5, 5.41) is 2.94. The number of aromatic nitrogens is 1. The Balaban J connectivity index is 1.58. The summed E-state index contributed by atoms with van der Waals surface area (Å²) < 4.78 is 0. The molecule has 1 amide bonds. The number of rotatable bonds is 8. The van der Waals surface area contributed by atoms with Crippen LogP contribution in [-0.2, 0) is 17.9 Å². The largest absolute Gasteiger partial charge is 0.367 e. The average Bonchev–Trinajstić information content (AvgIpc) is 2.72. The number of pyridine rings is 1. The predicted octanol–water partition coefficient (Wildman–Crippen LogP) is 3.79. The van der Waals surface area contributed by atoms with E-state index in [-0.39, 0.29) is 5.91 Å². The van der Waals surface area contributed by atoms with Crippen LogP contribution in [0, 0.1) is 0 Å². The van der Waals surface area contributed by atoms with Crippen molar-refractivity contribution in [3.63, 3.8) is 0 Å². The molecule has 0 saturated heterocycles. The summed E-state index contributed by atoms with van der Waals surface area (Å²) in [7, 11) is 0. The number of benzene rings is 2. The molecule has 0 aliphatic rings. The molecule has 3 aromatic rings. The Labute approximate surface area is 154 Å². The number of nitrogens with one attached hydrogen (secondary N) is 1. The van der Waals surface area contributed by atoms with Crippen LogP contribution >= 0.6 is 0 Å². The highest BCUT2D eigenvalue weighted by molar-refractivity contribution is 5.76. The standard InChI is InChI=1S/C22H23N3O/c26-22(24-17-20-11-7-8-15-23-20)14-16-25(21-12-5-2-6-13-21)18-19-9-3-1-4-10-19/h1-13,15H,14,16-18H2,(H,24,26). The monoisotopic (exact) mass is 345 g/mol. The summed E-state index contributed by atoms with van der Waals surface area (Å²) in [6, 6.07) is 26.2. The van der Waals surface area contributed by atoms with Gasteiger partial charge in [-0.25, -0.2) is 0 Å². The zero-order chi connectivity index (χ0) is 18.0. The lowest BCUT2D eigenvalue weighted by Gasteiger charge is -2.25. The van der Waals surface area contributed by atoms with Crippen molar-refractivity contribution < 1.29 is 4.79 Å². The van der Waals surface area contributed by atoms with Crippen molar-refractivity contribution in [3.8, 4) is 0 Å². The molecule has 0 aliphatic carbocycles. The molecule has 0 radical (unpaired) electrons. The predicted molar refractivity (Wildman–Crippen MR) is 105 cm³/mol. The fourth-order valence-electron chi connectivity index (χ4n) is 2.76. The Morgan fingerprint density at radius 3 is 2.27 bits per heavy atom. The molecule has 3 rings (SSSR count). The normalized spacial score (nSPS) is 10.3. The van der Waals surface area contributed by atoms with Gasteiger partial charge in [0.2, 0.25) is 5.91 Å². The van der Waals surface area contributed by atoms with Gasteiger partial charge in [-0.3, -0.25) is 9.78 Å². The molecule has 0 unspecified atom stereocenters. The van der Waals surface area contributed by atoms with Gasteiger partial charge >= 0.3 is 0 Å². The summed E-state index contributed by atoms with van der Waals surface area (Å²) in [4.78, 5) is 18.7. The Hall–Kier alpha value is -3.14. The van der Waals surface area contributed by atoms with Crippen LogP contribution in [0.15, 0.2) is 85.1 Å². The maximum Gasteiger partial charge on any atom is 0.222 e. The summed E-state index contributed by atoms with van der Waals surface area (Å²) in [6.45, 7) is 1.90. The first-order chi connectivity index (χ1) is 12.8. The van der Waals surface area contributed by atoms with Crippen LogP contribution in [0.3, 0.4) is 0 Å². The van der Waals surface area contributed by atoms with Gasteiger partial charge < -0.3 is 10.2 Å². The molecular weight excluding hydrogens is 322 g/mol. The van der Waals surface area contributed by atoms with E-state index in [1.165, 1.54) is 5.56 Å². The first kappa shape index (κ1) is 17.7. The molecule has 0 saturated carbocycles. The Kier molecular flexibility index (Phi) is 6.37. The number of nitrogens with zero attached hydrogens (tertiary/aromatic N) is 2. The second-order valence-electron chi connectivity index (χ2n) is 6.09. The van der Waals surface area contributed by atoms with Crippen molar-refractivity contribution in [1.29, 1.82) is 0 Å². The van der Waals surface area contributed by atoms with E-state index in [0.717, 1.165) is 17.9 Å². The quantitative estimate of drug-likeness (QED) is 0.675. The third-order valence-corrected chi connectivity index (χ3v) is 4.14. The minimum Gasteiger partial charge on any atom is -0.367 e. The molecule has 132 valence electrons. The summed E-state index contributed by atoms with van der Waals surface area (Å²) in [6.07, 6.45) is 2.17. The third kappa shape index (κ3) is 5.45. The number of hydrogen-bond donors (Lipinski definition) is 1. The van der Waals surface area contributed by atoms with Crippen LogP contribution < -0.4 is 10.2 Å². The molecule has 0 atom stereocenters. The van der Waals surface area contributed by atoms with Crippen molar-refractivity contribution in [3.05, 3.63) is 96.3 Å². The molecular formula is C22H23N3O. The molecule has 4 nitrogen and oxygen atoms in total. The molecule has 4 heteroatoms. The van der Waals surface area contributed by atoms with Gasteiger partial charge in [0.05, 0.1) is 12.2 Å². The van der Waals surface area contributed by atoms with Gasteiger partial charge in [-0.05, 0) is 29.8 Å². The molecule has 1 aromatic heterocycles. The fraction of sp³-hybridized carbons (Fsp3) is 0.182. The van der Waals surface area contributed by atoms with Crippen LogP contribution in [0.2, 0.25) is 0 Å². The van der Waals surface area contributed by atoms with E-state index in [1.807, 2.05) is 54.6 Å². The maximum absolute atomic E-state index is 12.2. The molecule has 1 N–H and O–H groups in total. The first-order valence-corrected chi connectivity index (χ1v) is 8.82. The summed E-state index contributed by atoms with van der Waals surface area (Å²) >= 11 is 0. The lowest BCUT2D eigenvalue weighted by Crippen LogP contribution is -2.30. The molecule has 26 heavy (non-hydrogen) atoms. The topological polar surface area (TPSA) is 45.2 Å². The summed E-state index contributed by atoms with van der Waals surface area (Å²) in [5.74, 6) is 0.0321. The molecule has 0 spiro atoms. The summed E-state index contributed by atoms with van der Waals surface area (Å²) in [5.41, 5.74) is 3.21. The van der Waals surface area contributed by atoms with Gasteiger partial charge in [-0.2, -0.15) is 0 Å². The van der Waals surface area contributed by atoms with Gasteiger partial charge in [0.1, 0.15) is 0 Å². The fourth-order valence-corrected chi connectivity index (χ4v) is 2.76. The van der Waals surface area contributed by atoms with Crippen LogP contribution in [0.1, 0.15) is 17.7 Å². The minimum absolute atomic E-state index is 0.0321. The SMILES string of the molecule is O=C(CCN(Cc1ccccc1)c1ccccc1)NCc1ccccn1. The molecule has 0 fully saturated rings. The number of amides is 1. The lowest BCUT2D eigenvalue weighted by atomic mass is 10.2. The van der Waals surface area contributed by atoms with E-state index in [2.05, 4.69) is 39.5 Å². The maximum atomic E-state index is 12.2. The van der Waals surface area contributed by atoms with E-state index in [4.69, 9.17) is 0 Å². The highest BCUT2D eigenvalue weighted by Crippen LogP contribution is 2.17. The highest BCUT2D eigenvalue weighted by atomic mass is 16.1. The van der Waals surface area contributed by atoms with Crippen LogP contribution in [0.4, 0.5) is 5.69 Å². The van der Waals surface area contributed by atoms with E-state index in [1.54, 1.807) is 6.20 Å². The van der Waals surface area contributed by atoms with Crippen LogP contribution in [0.5, 0.6) is 0 Å². The second-order valence-corrected chi connectivity index (χ2v) is 6.09. The molecule has 0 aliphatic heterocycles. The van der Waals surface area contributed by atoms with E-state index < -0.39 is 0 Å². The minimum atomic E-state index is 0.0321. The van der Waals surface area contributed by atoms with Crippen molar-refractivity contribution in [2.24, 2.45) is 0 Å². The van der Waals surface area contributed by atoms with Crippen LogP contribution in [0.25, 0.3) is 0 Å². The zero-order valence-corrected chi connectivity index (χ0v) is 14.7. The molecule has 1 heterocycles. The van der Waals surface area contributed by atoms with Crippen LogP contribution in [-0.4, -0.2) is 17.4 Å². The highest BCUT2D eigenvalue weighted by Gasteiger charge is 2.10. The number of para-hydroxylation sites is 1. The van der Waals surface area contributed by atoms with Gasteiger partial charge in [0.15, 0.2) is 0 Å². The lowest BCUT2D eigenvalue weighted by molar-refractivity contribution is -0.121. The van der Waals surface area contributed by atoms with E-state index >= 15 is 0 Å². The van der Waals surface area contributed by atoms with Crippen molar-refractivity contribution >= 4 is 11.6 Å². The van der Waals surface area contributed by atoms with Crippen molar-refractivity contribution in [1.82, 2.24) is 10.3 Å². The Morgan fingerprint density at radius 2 is 1.58 bits per heavy atom. The Bertz CT molecular complexity index is 791. The molecule has 0 bridgehead atoms. The number of carbonyl (C=O) groups excluding carboxylic acids is 1. The van der Waals surface area contributed by atoms with Gasteiger partial charge in [0.25, 0.3) is 0 Å². The number of carbonyl (C=O) groups is 1. The van der Waals surface area contributed by atoms with E-state index in [9.17, 15) is 4.79 Å². The Morgan fingerprint density at radius 1 is 0.885 bits per heavy atom. The number of hydrogen-bond acceptors (Lipinski definition) is 3. The van der Waals surface area contributed by atoms with E-state index in [0.29, 0.717) is 19.5 Å². The third-order valence-electron chi connectivity index (χ3n) is 4.14. The first-order valence-electron chi connectivity index (χ1n) is 8.82. The zero-order valence-electron chi connectivity index (χ0n) is 14.7. The second kappa shape index (κ2) is 9.37. The van der Waals surface area contributed by atoms with Gasteiger partial charge in [0, 0.05) is 31.4 Å². The molecule has 2 aromatic carbocycles.